The number of hydrogen-bond acceptors (Lipinski definition) is 13. The van der Waals surface area contributed by atoms with Crippen LogP contribution >= 0.6 is 0 Å². The predicted octanol–water partition coefficient (Wildman–Crippen LogP) is 1.85. The molecule has 41 heavy (non-hydrogen) atoms. The molecule has 14 heteroatoms. The van der Waals surface area contributed by atoms with Crippen LogP contribution in [-0.4, -0.2) is 78.8 Å². The normalized spacial score (nSPS) is 11.8. The van der Waals surface area contributed by atoms with Crippen molar-refractivity contribution in [2.24, 2.45) is 5.41 Å². The topological polar surface area (TPSA) is 198 Å². The lowest BCUT2D eigenvalue weighted by atomic mass is 9.87. The molecule has 1 unspecified atom stereocenters. The van der Waals surface area contributed by atoms with Gasteiger partial charge in [-0.1, -0.05) is 31.2 Å². The Kier molecular flexibility index (Phi) is 12.9. The van der Waals surface area contributed by atoms with Crippen molar-refractivity contribution in [3.63, 3.8) is 0 Å². The van der Waals surface area contributed by atoms with Crippen LogP contribution in [0.25, 0.3) is 10.8 Å². The molecule has 0 fully saturated rings. The van der Waals surface area contributed by atoms with Crippen molar-refractivity contribution >= 4 is 34.6 Å². The van der Waals surface area contributed by atoms with Gasteiger partial charge in [-0.15, -0.1) is 10.1 Å². The van der Waals surface area contributed by atoms with Crippen molar-refractivity contribution in [3.8, 4) is 5.75 Å². The Bertz CT molecular complexity index is 1220. The van der Waals surface area contributed by atoms with Gasteiger partial charge in [0.25, 0.3) is 5.09 Å². The molecule has 0 bridgehead atoms. The third kappa shape index (κ3) is 9.99. The first-order valence-corrected chi connectivity index (χ1v) is 12.8. The highest BCUT2D eigenvalue weighted by molar-refractivity contribution is 5.88. The highest BCUT2D eigenvalue weighted by Crippen LogP contribution is 2.26. The van der Waals surface area contributed by atoms with E-state index in [4.69, 9.17) is 18.9 Å². The molecule has 2 aromatic carbocycles. The standard InChI is InChI=1S/C27H33NO13/c1-3-27(16-29,17-30)26(34)39-15-24(32)41-22-9-8-20-12-19(6-7-21(20)13-22)18(2)25(33)38-14-23(31)37-10-4-5-11-40-28(35)36/h6-9,12-13,18,29-30H,3-5,10-11,14-17H2,1-2H3. The molecule has 2 N–H and O–H groups in total. The second-order valence-corrected chi connectivity index (χ2v) is 9.08. The number of carbonyl (C=O) groups excluding carboxylic acids is 4. The lowest BCUT2D eigenvalue weighted by molar-refractivity contribution is -0.757. The van der Waals surface area contributed by atoms with Crippen molar-refractivity contribution in [1.82, 2.24) is 0 Å². The van der Waals surface area contributed by atoms with Crippen LogP contribution in [0, 0.1) is 15.5 Å². The van der Waals surface area contributed by atoms with E-state index in [1.54, 1.807) is 44.2 Å². The zero-order valence-electron chi connectivity index (χ0n) is 22.7. The Morgan fingerprint density at radius 2 is 1.54 bits per heavy atom. The number of unbranched alkanes of at least 4 members (excludes halogenated alkanes) is 1. The van der Waals surface area contributed by atoms with Crippen molar-refractivity contribution in [2.75, 3.05) is 39.6 Å². The first-order valence-electron chi connectivity index (χ1n) is 12.8. The Labute approximate surface area is 235 Å². The van der Waals surface area contributed by atoms with Crippen molar-refractivity contribution in [1.29, 1.82) is 0 Å². The molecule has 0 saturated carbocycles. The fraction of sp³-hybridized carbons (Fsp3) is 0.481. The molecule has 0 aliphatic heterocycles. The minimum Gasteiger partial charge on any atom is -0.463 e. The molecule has 14 nitrogen and oxygen atoms in total. The van der Waals surface area contributed by atoms with Crippen LogP contribution < -0.4 is 4.74 Å². The summed E-state index contributed by atoms with van der Waals surface area (Å²) in [5.41, 5.74) is -0.877. The maximum Gasteiger partial charge on any atom is 0.349 e. The van der Waals surface area contributed by atoms with Gasteiger partial charge in [-0.2, -0.15) is 0 Å². The Balaban J connectivity index is 1.86. The van der Waals surface area contributed by atoms with Crippen LogP contribution in [0.3, 0.4) is 0 Å². The van der Waals surface area contributed by atoms with Gasteiger partial charge in [0.15, 0.2) is 13.2 Å². The number of rotatable bonds is 17. The number of fused-ring (bicyclic) bond motifs is 1. The molecular weight excluding hydrogens is 546 g/mol. The SMILES string of the molecule is CCC(CO)(CO)C(=O)OCC(=O)Oc1ccc2cc(C(C)C(=O)OCC(=O)OCCCCO[N+](=O)[O-])ccc2c1. The number of ether oxygens (including phenoxy) is 4. The molecule has 1 atom stereocenters. The molecule has 224 valence electrons. The predicted molar refractivity (Wildman–Crippen MR) is 140 cm³/mol. The Morgan fingerprint density at radius 1 is 0.902 bits per heavy atom. The Hall–Kier alpha value is -4.30. The van der Waals surface area contributed by atoms with E-state index in [2.05, 4.69) is 4.84 Å². The number of nitrogens with zero attached hydrogens (tertiary/aromatic N) is 1. The number of hydrogen-bond donors (Lipinski definition) is 2. The summed E-state index contributed by atoms with van der Waals surface area (Å²) in [6.45, 7) is 0.572. The van der Waals surface area contributed by atoms with Gasteiger partial charge >= 0.3 is 23.9 Å². The Morgan fingerprint density at radius 3 is 2.20 bits per heavy atom. The van der Waals surface area contributed by atoms with E-state index in [1.807, 2.05) is 0 Å². The maximum atomic E-state index is 12.4. The monoisotopic (exact) mass is 579 g/mol. The molecule has 0 amide bonds. The van der Waals surface area contributed by atoms with Crippen LogP contribution in [-0.2, 0) is 38.2 Å². The fourth-order valence-electron chi connectivity index (χ4n) is 3.52. The molecule has 0 aromatic heterocycles. The van der Waals surface area contributed by atoms with E-state index in [0.29, 0.717) is 23.8 Å². The maximum absolute atomic E-state index is 12.4. The zero-order valence-corrected chi connectivity index (χ0v) is 22.7. The second kappa shape index (κ2) is 16.1. The molecular formula is C27H33NO13. The molecule has 2 aromatic rings. The molecule has 0 aliphatic carbocycles. The molecule has 0 spiro atoms. The molecule has 0 heterocycles. The van der Waals surface area contributed by atoms with Gasteiger partial charge in [-0.3, -0.25) is 9.59 Å². The van der Waals surface area contributed by atoms with Crippen molar-refractivity contribution in [3.05, 3.63) is 52.1 Å². The third-order valence-corrected chi connectivity index (χ3v) is 6.29. The van der Waals surface area contributed by atoms with Crippen molar-refractivity contribution < 1.29 is 58.3 Å². The van der Waals surface area contributed by atoms with Crippen LogP contribution in [0.1, 0.15) is 44.6 Å². The lowest BCUT2D eigenvalue weighted by Gasteiger charge is -2.25. The van der Waals surface area contributed by atoms with E-state index in [-0.39, 0.29) is 25.4 Å². The minimum atomic E-state index is -1.49. The summed E-state index contributed by atoms with van der Waals surface area (Å²) >= 11 is 0. The van der Waals surface area contributed by atoms with Gasteiger partial charge in [-0.05, 0) is 54.7 Å². The van der Waals surface area contributed by atoms with Gasteiger partial charge in [0.05, 0.1) is 32.3 Å². The average Bonchev–Trinajstić information content (AvgIpc) is 2.96. The van der Waals surface area contributed by atoms with Crippen molar-refractivity contribution in [2.45, 2.75) is 39.0 Å². The van der Waals surface area contributed by atoms with Gasteiger partial charge in [0.2, 0.25) is 0 Å². The highest BCUT2D eigenvalue weighted by atomic mass is 16.9. The van der Waals surface area contributed by atoms with Gasteiger partial charge < -0.3 is 34.0 Å². The molecule has 2 rings (SSSR count). The summed E-state index contributed by atoms with van der Waals surface area (Å²) in [7, 11) is 0. The zero-order chi connectivity index (χ0) is 30.4. The summed E-state index contributed by atoms with van der Waals surface area (Å²) in [4.78, 5) is 62.7. The number of aliphatic hydroxyl groups excluding tert-OH is 2. The smallest absolute Gasteiger partial charge is 0.349 e. The lowest BCUT2D eigenvalue weighted by Crippen LogP contribution is -2.40. The highest BCUT2D eigenvalue weighted by Gasteiger charge is 2.37. The van der Waals surface area contributed by atoms with E-state index in [9.17, 15) is 39.5 Å². The average molecular weight is 580 g/mol. The van der Waals surface area contributed by atoms with Gasteiger partial charge in [0, 0.05) is 0 Å². The number of aliphatic hydroxyl groups is 2. The second-order valence-electron chi connectivity index (χ2n) is 9.08. The molecule has 0 radical (unpaired) electrons. The van der Waals surface area contributed by atoms with E-state index in [1.165, 1.54) is 6.07 Å². The first-order chi connectivity index (χ1) is 19.5. The first kappa shape index (κ1) is 32.9. The van der Waals surface area contributed by atoms with Crippen LogP contribution in [0.4, 0.5) is 0 Å². The van der Waals surface area contributed by atoms with Crippen LogP contribution in [0.15, 0.2) is 36.4 Å². The summed E-state index contributed by atoms with van der Waals surface area (Å²) in [6, 6.07) is 9.90. The number of carbonyl (C=O) groups is 4. The van der Waals surface area contributed by atoms with Crippen LogP contribution in [0.5, 0.6) is 5.75 Å². The summed E-state index contributed by atoms with van der Waals surface area (Å²) in [5.74, 6) is -3.66. The van der Waals surface area contributed by atoms with Crippen LogP contribution in [0.2, 0.25) is 0 Å². The number of benzene rings is 2. The quantitative estimate of drug-likeness (QED) is 0.0688. The number of esters is 4. The largest absolute Gasteiger partial charge is 0.463 e. The van der Waals surface area contributed by atoms with Gasteiger partial charge in [0.1, 0.15) is 11.2 Å². The molecule has 0 saturated heterocycles. The third-order valence-electron chi connectivity index (χ3n) is 6.29. The summed E-state index contributed by atoms with van der Waals surface area (Å²) in [5, 5.41) is 29.4. The summed E-state index contributed by atoms with van der Waals surface area (Å²) < 4.78 is 20.1. The fourth-order valence-corrected chi connectivity index (χ4v) is 3.52. The summed E-state index contributed by atoms with van der Waals surface area (Å²) in [6.07, 6.45) is 0.795. The van der Waals surface area contributed by atoms with E-state index in [0.717, 1.165) is 5.39 Å². The van der Waals surface area contributed by atoms with Gasteiger partial charge in [-0.25, -0.2) is 9.59 Å². The van der Waals surface area contributed by atoms with E-state index >= 15 is 0 Å². The van der Waals surface area contributed by atoms with E-state index < -0.39 is 66.7 Å². The minimum absolute atomic E-state index is 0.00706. The molecule has 0 aliphatic rings.